The molecule has 0 aromatic carbocycles. The predicted molar refractivity (Wildman–Crippen MR) is 77.8 cm³/mol. The summed E-state index contributed by atoms with van der Waals surface area (Å²) in [5.41, 5.74) is 4.30. The lowest BCUT2D eigenvalue weighted by Crippen LogP contribution is -2.22. The molecule has 2 aromatic heterocycles. The number of aromatic amines is 1. The van der Waals surface area contributed by atoms with Crippen molar-refractivity contribution < 1.29 is 0 Å². The van der Waals surface area contributed by atoms with E-state index >= 15 is 0 Å². The highest BCUT2D eigenvalue weighted by Crippen LogP contribution is 2.34. The summed E-state index contributed by atoms with van der Waals surface area (Å²) in [5, 5.41) is 1.29. The van der Waals surface area contributed by atoms with Crippen LogP contribution >= 0.6 is 0 Å². The predicted octanol–water partition coefficient (Wildman–Crippen LogP) is 4.49. The number of nitrogens with zero attached hydrogens (tertiary/aromatic N) is 1. The lowest BCUT2D eigenvalue weighted by molar-refractivity contribution is 0.231. The van der Waals surface area contributed by atoms with Gasteiger partial charge in [-0.1, -0.05) is 34.1 Å². The van der Waals surface area contributed by atoms with Crippen molar-refractivity contribution in [3.05, 3.63) is 29.7 Å². The first-order valence-corrected chi connectivity index (χ1v) is 6.84. The third-order valence-electron chi connectivity index (χ3n) is 4.09. The van der Waals surface area contributed by atoms with E-state index in [0.29, 0.717) is 11.3 Å². The molecule has 2 rings (SSSR count). The number of hydrogen-bond acceptors (Lipinski definition) is 1. The maximum Gasteiger partial charge on any atom is 0.0489 e. The van der Waals surface area contributed by atoms with Crippen molar-refractivity contribution in [2.75, 3.05) is 0 Å². The van der Waals surface area contributed by atoms with E-state index in [1.165, 1.54) is 28.6 Å². The molecule has 0 aliphatic heterocycles. The van der Waals surface area contributed by atoms with Gasteiger partial charge < -0.3 is 4.98 Å². The minimum Gasteiger partial charge on any atom is -0.358 e. The fourth-order valence-electron chi connectivity index (χ4n) is 2.80. The van der Waals surface area contributed by atoms with Gasteiger partial charge in [0.05, 0.1) is 0 Å². The van der Waals surface area contributed by atoms with Crippen LogP contribution in [0.1, 0.15) is 45.4 Å². The first kappa shape index (κ1) is 13.1. The lowest BCUT2D eigenvalue weighted by atomic mass is 9.75. The average Bonchev–Trinajstić information content (AvgIpc) is 2.60. The summed E-state index contributed by atoms with van der Waals surface area (Å²) < 4.78 is 0. The van der Waals surface area contributed by atoms with E-state index in [1.807, 2.05) is 12.4 Å². The molecule has 0 saturated carbocycles. The van der Waals surface area contributed by atoms with Gasteiger partial charge in [-0.05, 0) is 36.3 Å². The van der Waals surface area contributed by atoms with Crippen LogP contribution in [0.2, 0.25) is 0 Å². The largest absolute Gasteiger partial charge is 0.358 e. The van der Waals surface area contributed by atoms with Gasteiger partial charge in [0.15, 0.2) is 0 Å². The fourth-order valence-corrected chi connectivity index (χ4v) is 2.80. The van der Waals surface area contributed by atoms with Crippen LogP contribution in [0.4, 0.5) is 0 Å². The first-order valence-electron chi connectivity index (χ1n) is 6.84. The molecule has 2 nitrogen and oxygen atoms in total. The molecule has 0 amide bonds. The SMILES string of the molecule is CCC(Cc1c(C)[nH]c2ccncc12)C(C)(C)C. The summed E-state index contributed by atoms with van der Waals surface area (Å²) in [6, 6.07) is 2.06. The number of aromatic nitrogens is 2. The monoisotopic (exact) mass is 244 g/mol. The molecule has 2 aromatic rings. The normalized spacial score (nSPS) is 14.1. The summed E-state index contributed by atoms with van der Waals surface area (Å²) in [6.07, 6.45) is 6.19. The maximum atomic E-state index is 4.26. The standard InChI is InChI=1S/C16H24N2/c1-6-12(16(3,4)5)9-13-11(2)18-15-7-8-17-10-14(13)15/h7-8,10,12,18H,6,9H2,1-5H3. The fraction of sp³-hybridized carbons (Fsp3) is 0.562. The highest BCUT2D eigenvalue weighted by molar-refractivity contribution is 5.83. The van der Waals surface area contributed by atoms with Gasteiger partial charge in [-0.2, -0.15) is 0 Å². The molecular formula is C16H24N2. The summed E-state index contributed by atoms with van der Waals surface area (Å²) in [7, 11) is 0. The number of hydrogen-bond donors (Lipinski definition) is 1. The Hall–Kier alpha value is -1.31. The van der Waals surface area contributed by atoms with Crippen LogP contribution in [0.3, 0.4) is 0 Å². The topological polar surface area (TPSA) is 28.7 Å². The molecule has 2 heterocycles. The molecule has 0 fully saturated rings. The molecule has 98 valence electrons. The van der Waals surface area contributed by atoms with E-state index in [1.54, 1.807) is 0 Å². The minimum absolute atomic E-state index is 0.354. The zero-order valence-corrected chi connectivity index (χ0v) is 12.2. The van der Waals surface area contributed by atoms with Crippen molar-refractivity contribution in [3.63, 3.8) is 0 Å². The van der Waals surface area contributed by atoms with E-state index < -0.39 is 0 Å². The smallest absolute Gasteiger partial charge is 0.0489 e. The van der Waals surface area contributed by atoms with Gasteiger partial charge in [0.2, 0.25) is 0 Å². The molecule has 1 atom stereocenters. The van der Waals surface area contributed by atoms with Crippen LogP contribution in [0, 0.1) is 18.3 Å². The molecule has 2 heteroatoms. The second-order valence-corrected chi connectivity index (χ2v) is 6.33. The number of fused-ring (bicyclic) bond motifs is 1. The van der Waals surface area contributed by atoms with Crippen LogP contribution < -0.4 is 0 Å². The van der Waals surface area contributed by atoms with Crippen molar-refractivity contribution in [1.29, 1.82) is 0 Å². The van der Waals surface area contributed by atoms with Gasteiger partial charge in [0.25, 0.3) is 0 Å². The van der Waals surface area contributed by atoms with Crippen molar-refractivity contribution in [2.24, 2.45) is 11.3 Å². The Morgan fingerprint density at radius 3 is 2.67 bits per heavy atom. The van der Waals surface area contributed by atoms with Crippen molar-refractivity contribution in [2.45, 2.75) is 47.5 Å². The van der Waals surface area contributed by atoms with E-state index in [-0.39, 0.29) is 0 Å². The first-order chi connectivity index (χ1) is 8.43. The lowest BCUT2D eigenvalue weighted by Gasteiger charge is -2.30. The third kappa shape index (κ3) is 2.43. The quantitative estimate of drug-likeness (QED) is 0.847. The molecule has 18 heavy (non-hydrogen) atoms. The Kier molecular flexibility index (Phi) is 3.47. The molecular weight excluding hydrogens is 220 g/mol. The van der Waals surface area contributed by atoms with E-state index in [2.05, 4.69) is 50.7 Å². The van der Waals surface area contributed by atoms with Crippen LogP contribution in [-0.4, -0.2) is 9.97 Å². The summed E-state index contributed by atoms with van der Waals surface area (Å²) in [6.45, 7) is 11.5. The Morgan fingerprint density at radius 2 is 2.06 bits per heavy atom. The highest BCUT2D eigenvalue weighted by Gasteiger charge is 2.24. The Morgan fingerprint density at radius 1 is 1.33 bits per heavy atom. The van der Waals surface area contributed by atoms with E-state index in [4.69, 9.17) is 0 Å². The molecule has 0 spiro atoms. The summed E-state index contributed by atoms with van der Waals surface area (Å²) in [5.74, 6) is 0.704. The van der Waals surface area contributed by atoms with Crippen molar-refractivity contribution in [1.82, 2.24) is 9.97 Å². The zero-order chi connectivity index (χ0) is 13.3. The third-order valence-corrected chi connectivity index (χ3v) is 4.09. The Labute approximate surface area is 110 Å². The Bertz CT molecular complexity index is 532. The van der Waals surface area contributed by atoms with Crippen LogP contribution in [0.25, 0.3) is 10.9 Å². The second-order valence-electron chi connectivity index (χ2n) is 6.33. The number of nitrogens with one attached hydrogen (secondary N) is 1. The molecule has 0 saturated heterocycles. The maximum absolute atomic E-state index is 4.26. The van der Waals surface area contributed by atoms with Gasteiger partial charge in [-0.15, -0.1) is 0 Å². The van der Waals surface area contributed by atoms with Gasteiger partial charge in [-0.3, -0.25) is 4.98 Å². The van der Waals surface area contributed by atoms with E-state index in [0.717, 1.165) is 6.42 Å². The van der Waals surface area contributed by atoms with Crippen molar-refractivity contribution >= 4 is 10.9 Å². The number of aryl methyl sites for hydroxylation is 1. The number of rotatable bonds is 3. The van der Waals surface area contributed by atoms with Gasteiger partial charge >= 0.3 is 0 Å². The average molecular weight is 244 g/mol. The summed E-state index contributed by atoms with van der Waals surface area (Å²) in [4.78, 5) is 7.73. The van der Waals surface area contributed by atoms with Crippen LogP contribution in [0.5, 0.6) is 0 Å². The van der Waals surface area contributed by atoms with Crippen LogP contribution in [-0.2, 0) is 6.42 Å². The van der Waals surface area contributed by atoms with E-state index in [9.17, 15) is 0 Å². The molecule has 0 bridgehead atoms. The summed E-state index contributed by atoms with van der Waals surface area (Å²) >= 11 is 0. The zero-order valence-electron chi connectivity index (χ0n) is 12.2. The number of H-pyrrole nitrogens is 1. The molecule has 0 aliphatic carbocycles. The molecule has 1 N–H and O–H groups in total. The molecule has 1 unspecified atom stereocenters. The van der Waals surface area contributed by atoms with Gasteiger partial charge in [-0.25, -0.2) is 0 Å². The molecule has 0 radical (unpaired) electrons. The van der Waals surface area contributed by atoms with Crippen LogP contribution in [0.15, 0.2) is 18.5 Å². The highest BCUT2D eigenvalue weighted by atomic mass is 14.7. The van der Waals surface area contributed by atoms with Gasteiger partial charge in [0.1, 0.15) is 0 Å². The van der Waals surface area contributed by atoms with Crippen molar-refractivity contribution in [3.8, 4) is 0 Å². The Balaban J connectivity index is 2.39. The second kappa shape index (κ2) is 4.75. The minimum atomic E-state index is 0.354. The van der Waals surface area contributed by atoms with Gasteiger partial charge in [0, 0.05) is 29.0 Å². The number of pyridine rings is 1. The molecule has 0 aliphatic rings.